The molecule has 2 amide bonds. The van der Waals surface area contributed by atoms with Crippen LogP contribution in [0.2, 0.25) is 0 Å². The maximum absolute atomic E-state index is 12.2. The SMILES string of the molecule is CC(=O)Nc1cccc(C(=O)NCC2CCCN2S(C)(=O)=O)c1. The molecule has 7 nitrogen and oxygen atoms in total. The lowest BCUT2D eigenvalue weighted by Gasteiger charge is -2.22. The number of nitrogens with one attached hydrogen (secondary N) is 2. The number of benzene rings is 1. The molecule has 1 aliphatic heterocycles. The Morgan fingerprint density at radius 3 is 2.74 bits per heavy atom. The van der Waals surface area contributed by atoms with Gasteiger partial charge in [0.2, 0.25) is 15.9 Å². The summed E-state index contributed by atoms with van der Waals surface area (Å²) in [5.74, 6) is -0.505. The summed E-state index contributed by atoms with van der Waals surface area (Å²) in [7, 11) is -3.25. The van der Waals surface area contributed by atoms with Gasteiger partial charge in [-0.2, -0.15) is 4.31 Å². The average molecular weight is 339 g/mol. The van der Waals surface area contributed by atoms with Crippen molar-refractivity contribution >= 4 is 27.5 Å². The van der Waals surface area contributed by atoms with Gasteiger partial charge in [-0.05, 0) is 31.0 Å². The van der Waals surface area contributed by atoms with Gasteiger partial charge < -0.3 is 10.6 Å². The summed E-state index contributed by atoms with van der Waals surface area (Å²) in [5, 5.41) is 5.38. The lowest BCUT2D eigenvalue weighted by atomic mass is 10.1. The van der Waals surface area contributed by atoms with E-state index < -0.39 is 10.0 Å². The molecule has 1 saturated heterocycles. The Kier molecular flexibility index (Phi) is 5.38. The highest BCUT2D eigenvalue weighted by atomic mass is 32.2. The summed E-state index contributed by atoms with van der Waals surface area (Å²) in [6, 6.07) is 6.40. The largest absolute Gasteiger partial charge is 0.350 e. The summed E-state index contributed by atoms with van der Waals surface area (Å²) in [5.41, 5.74) is 0.962. The first-order valence-electron chi connectivity index (χ1n) is 7.40. The topological polar surface area (TPSA) is 95.6 Å². The van der Waals surface area contributed by atoms with E-state index in [1.165, 1.54) is 17.5 Å². The predicted molar refractivity (Wildman–Crippen MR) is 87.7 cm³/mol. The molecule has 1 heterocycles. The highest BCUT2D eigenvalue weighted by Gasteiger charge is 2.31. The minimum absolute atomic E-state index is 0.201. The van der Waals surface area contributed by atoms with E-state index in [0.717, 1.165) is 12.8 Å². The molecule has 1 unspecified atom stereocenters. The molecule has 1 aromatic carbocycles. The summed E-state index contributed by atoms with van der Waals surface area (Å²) < 4.78 is 24.8. The van der Waals surface area contributed by atoms with Crippen molar-refractivity contribution in [3.8, 4) is 0 Å². The molecule has 0 spiro atoms. The first-order valence-corrected chi connectivity index (χ1v) is 9.25. The molecule has 0 radical (unpaired) electrons. The molecule has 23 heavy (non-hydrogen) atoms. The van der Waals surface area contributed by atoms with E-state index in [1.807, 2.05) is 0 Å². The van der Waals surface area contributed by atoms with Gasteiger partial charge in [-0.15, -0.1) is 0 Å². The second-order valence-electron chi connectivity index (χ2n) is 5.64. The molecule has 0 bridgehead atoms. The average Bonchev–Trinajstić information content (AvgIpc) is 2.93. The Labute approximate surface area is 136 Å². The zero-order valence-corrected chi connectivity index (χ0v) is 14.0. The zero-order chi connectivity index (χ0) is 17.0. The fourth-order valence-electron chi connectivity index (χ4n) is 2.70. The Balaban J connectivity index is 1.98. The van der Waals surface area contributed by atoms with Gasteiger partial charge in [0.1, 0.15) is 0 Å². The van der Waals surface area contributed by atoms with Crippen LogP contribution in [0.5, 0.6) is 0 Å². The van der Waals surface area contributed by atoms with Gasteiger partial charge in [0, 0.05) is 37.3 Å². The van der Waals surface area contributed by atoms with Gasteiger partial charge in [-0.25, -0.2) is 8.42 Å². The second-order valence-corrected chi connectivity index (χ2v) is 7.58. The highest BCUT2D eigenvalue weighted by Crippen LogP contribution is 2.19. The van der Waals surface area contributed by atoms with Crippen molar-refractivity contribution in [3.05, 3.63) is 29.8 Å². The number of amides is 2. The summed E-state index contributed by atoms with van der Waals surface area (Å²) in [4.78, 5) is 23.3. The van der Waals surface area contributed by atoms with E-state index in [1.54, 1.807) is 24.3 Å². The van der Waals surface area contributed by atoms with Crippen LogP contribution < -0.4 is 10.6 Å². The second kappa shape index (κ2) is 7.10. The Morgan fingerprint density at radius 2 is 2.09 bits per heavy atom. The van der Waals surface area contributed by atoms with Gasteiger partial charge in [-0.1, -0.05) is 6.07 Å². The first kappa shape index (κ1) is 17.4. The van der Waals surface area contributed by atoms with E-state index in [9.17, 15) is 18.0 Å². The Morgan fingerprint density at radius 1 is 1.35 bits per heavy atom. The number of nitrogens with zero attached hydrogens (tertiary/aromatic N) is 1. The number of anilines is 1. The quantitative estimate of drug-likeness (QED) is 0.829. The van der Waals surface area contributed by atoms with Crippen LogP contribution in [0.25, 0.3) is 0 Å². The van der Waals surface area contributed by atoms with Crippen LogP contribution in [0.3, 0.4) is 0 Å². The lowest BCUT2D eigenvalue weighted by Crippen LogP contribution is -2.42. The van der Waals surface area contributed by atoms with Crippen molar-refractivity contribution < 1.29 is 18.0 Å². The van der Waals surface area contributed by atoms with Crippen LogP contribution >= 0.6 is 0 Å². The van der Waals surface area contributed by atoms with Crippen molar-refractivity contribution in [3.63, 3.8) is 0 Å². The van der Waals surface area contributed by atoms with Crippen molar-refractivity contribution in [1.29, 1.82) is 0 Å². The third-order valence-corrected chi connectivity index (χ3v) is 5.03. The smallest absolute Gasteiger partial charge is 0.251 e. The van der Waals surface area contributed by atoms with E-state index in [2.05, 4.69) is 10.6 Å². The van der Waals surface area contributed by atoms with Crippen LogP contribution in [-0.4, -0.2) is 49.9 Å². The van der Waals surface area contributed by atoms with E-state index in [-0.39, 0.29) is 24.4 Å². The van der Waals surface area contributed by atoms with Gasteiger partial charge in [0.05, 0.1) is 6.26 Å². The molecule has 1 fully saturated rings. The normalized spacial score (nSPS) is 18.6. The van der Waals surface area contributed by atoms with Crippen molar-refractivity contribution in [2.75, 3.05) is 24.7 Å². The molecule has 1 aromatic rings. The molecule has 126 valence electrons. The molecule has 0 aromatic heterocycles. The molecule has 1 aliphatic rings. The highest BCUT2D eigenvalue weighted by molar-refractivity contribution is 7.88. The summed E-state index contributed by atoms with van der Waals surface area (Å²) in [6.45, 7) is 2.17. The molecule has 2 N–H and O–H groups in total. The van der Waals surface area contributed by atoms with Crippen LogP contribution in [0, 0.1) is 0 Å². The molecule has 1 atom stereocenters. The summed E-state index contributed by atoms with van der Waals surface area (Å²) >= 11 is 0. The van der Waals surface area contributed by atoms with Crippen LogP contribution in [0.15, 0.2) is 24.3 Å². The number of hydrogen-bond donors (Lipinski definition) is 2. The van der Waals surface area contributed by atoms with E-state index >= 15 is 0 Å². The summed E-state index contributed by atoms with van der Waals surface area (Å²) in [6.07, 6.45) is 2.72. The standard InChI is InChI=1S/C15H21N3O4S/c1-11(19)17-13-6-3-5-12(9-13)15(20)16-10-14-7-4-8-18(14)23(2,21)22/h3,5-6,9,14H,4,7-8,10H2,1-2H3,(H,16,20)(H,17,19). The Hall–Kier alpha value is -1.93. The monoisotopic (exact) mass is 339 g/mol. The first-order chi connectivity index (χ1) is 10.8. The lowest BCUT2D eigenvalue weighted by molar-refractivity contribution is -0.114. The van der Waals surface area contributed by atoms with Crippen LogP contribution in [0.4, 0.5) is 5.69 Å². The van der Waals surface area contributed by atoms with Crippen molar-refractivity contribution in [2.24, 2.45) is 0 Å². The molecular formula is C15H21N3O4S. The maximum atomic E-state index is 12.2. The minimum atomic E-state index is -3.25. The fraction of sp³-hybridized carbons (Fsp3) is 0.467. The molecule has 2 rings (SSSR count). The number of carbonyl (C=O) groups is 2. The molecular weight excluding hydrogens is 318 g/mol. The van der Waals surface area contributed by atoms with E-state index in [0.29, 0.717) is 17.8 Å². The van der Waals surface area contributed by atoms with Gasteiger partial charge >= 0.3 is 0 Å². The third kappa shape index (κ3) is 4.77. The van der Waals surface area contributed by atoms with Crippen molar-refractivity contribution in [1.82, 2.24) is 9.62 Å². The Bertz CT molecular complexity index is 702. The predicted octanol–water partition coefficient (Wildman–Crippen LogP) is 0.799. The van der Waals surface area contributed by atoms with Gasteiger partial charge in [-0.3, -0.25) is 9.59 Å². The third-order valence-electron chi connectivity index (χ3n) is 3.69. The maximum Gasteiger partial charge on any atom is 0.251 e. The molecule has 0 aliphatic carbocycles. The van der Waals surface area contributed by atoms with Gasteiger partial charge in [0.15, 0.2) is 0 Å². The number of carbonyl (C=O) groups excluding carboxylic acids is 2. The number of rotatable bonds is 5. The molecule has 8 heteroatoms. The number of hydrogen-bond acceptors (Lipinski definition) is 4. The van der Waals surface area contributed by atoms with Crippen LogP contribution in [0.1, 0.15) is 30.1 Å². The zero-order valence-electron chi connectivity index (χ0n) is 13.2. The van der Waals surface area contributed by atoms with Crippen molar-refractivity contribution in [2.45, 2.75) is 25.8 Å². The number of sulfonamides is 1. The van der Waals surface area contributed by atoms with Crippen LogP contribution in [-0.2, 0) is 14.8 Å². The van der Waals surface area contributed by atoms with Gasteiger partial charge in [0.25, 0.3) is 5.91 Å². The van der Waals surface area contributed by atoms with E-state index in [4.69, 9.17) is 0 Å². The fourth-order valence-corrected chi connectivity index (χ4v) is 3.89. The minimum Gasteiger partial charge on any atom is -0.350 e. The molecule has 0 saturated carbocycles.